The largest absolute Gasteiger partial charge is 0.487 e. The third-order valence-corrected chi connectivity index (χ3v) is 4.20. The summed E-state index contributed by atoms with van der Waals surface area (Å²) in [5, 5.41) is 3.08. The molecule has 0 saturated heterocycles. The summed E-state index contributed by atoms with van der Waals surface area (Å²) in [5.41, 5.74) is 7.96. The second-order valence-electron chi connectivity index (χ2n) is 7.44. The Morgan fingerprint density at radius 2 is 1.96 bits per heavy atom. The van der Waals surface area contributed by atoms with Crippen molar-refractivity contribution in [3.63, 3.8) is 0 Å². The Morgan fingerprint density at radius 1 is 1.25 bits per heavy atom. The number of aromatic nitrogens is 1. The summed E-state index contributed by atoms with van der Waals surface area (Å²) >= 11 is 0. The molecule has 0 aliphatic rings. The maximum atomic E-state index is 12.6. The van der Waals surface area contributed by atoms with Crippen LogP contribution in [0.4, 0.5) is 0 Å². The lowest BCUT2D eigenvalue weighted by molar-refractivity contribution is 0.0898. The lowest BCUT2D eigenvalue weighted by atomic mass is 9.90. The Labute approximate surface area is 180 Å². The zero-order valence-corrected chi connectivity index (χ0v) is 18.5. The molecule has 2 aromatic rings. The van der Waals surface area contributed by atoms with Gasteiger partial charge in [-0.25, -0.2) is 0 Å². The maximum absolute atomic E-state index is 12.6. The molecule has 0 aliphatic heterocycles. The first-order chi connectivity index (χ1) is 12.3. The molecule has 1 heterocycles. The molecule has 1 atom stereocenters. The molecule has 7 heteroatoms. The van der Waals surface area contributed by atoms with Crippen molar-refractivity contribution < 1.29 is 9.53 Å². The van der Waals surface area contributed by atoms with Crippen molar-refractivity contribution in [1.29, 1.82) is 0 Å². The number of aryl methyl sites for hydroxylation is 1. The molecule has 1 aromatic carbocycles. The van der Waals surface area contributed by atoms with Crippen molar-refractivity contribution in [2.24, 2.45) is 11.7 Å². The van der Waals surface area contributed by atoms with E-state index in [1.54, 1.807) is 12.3 Å². The number of halogens is 2. The summed E-state index contributed by atoms with van der Waals surface area (Å²) in [6.07, 6.45) is 2.53. The smallest absolute Gasteiger partial charge is 0.251 e. The Balaban J connectivity index is 0.00000364. The van der Waals surface area contributed by atoms with Crippen molar-refractivity contribution >= 4 is 30.7 Å². The zero-order chi connectivity index (χ0) is 19.2. The number of carbonyl (C=O) groups excluding carboxylic acids is 1. The molecule has 0 spiro atoms. The third kappa shape index (κ3) is 8.05. The van der Waals surface area contributed by atoms with E-state index >= 15 is 0 Å². The number of rotatable bonds is 8. The molecule has 0 radical (unpaired) electrons. The number of hydrogen-bond donors (Lipinski definition) is 2. The van der Waals surface area contributed by atoms with Gasteiger partial charge in [-0.15, -0.1) is 24.8 Å². The number of pyridine rings is 1. The fraction of sp³-hybridized carbons (Fsp3) is 0.429. The Hall–Kier alpha value is -1.82. The second kappa shape index (κ2) is 11.9. The summed E-state index contributed by atoms with van der Waals surface area (Å²) in [4.78, 5) is 16.9. The van der Waals surface area contributed by atoms with Crippen molar-refractivity contribution in [2.75, 3.05) is 6.54 Å². The second-order valence-corrected chi connectivity index (χ2v) is 7.44. The highest BCUT2D eigenvalue weighted by atomic mass is 35.5. The number of nitrogens with one attached hydrogen (secondary N) is 1. The van der Waals surface area contributed by atoms with E-state index in [2.05, 4.69) is 24.1 Å². The minimum Gasteiger partial charge on any atom is -0.487 e. The average molecular weight is 428 g/mol. The van der Waals surface area contributed by atoms with Crippen LogP contribution < -0.4 is 15.8 Å². The summed E-state index contributed by atoms with van der Waals surface area (Å²) in [5.74, 6) is 1.04. The minimum atomic E-state index is -0.411. The topological polar surface area (TPSA) is 77.2 Å². The van der Waals surface area contributed by atoms with Crippen LogP contribution in [0, 0.1) is 12.8 Å². The van der Waals surface area contributed by atoms with Crippen molar-refractivity contribution in [3.05, 3.63) is 59.4 Å². The molecule has 156 valence electrons. The van der Waals surface area contributed by atoms with Crippen molar-refractivity contribution in [2.45, 2.75) is 46.3 Å². The van der Waals surface area contributed by atoms with Gasteiger partial charge >= 0.3 is 0 Å². The van der Waals surface area contributed by atoms with E-state index in [4.69, 9.17) is 10.5 Å². The molecule has 5 nitrogen and oxygen atoms in total. The van der Waals surface area contributed by atoms with E-state index in [0.29, 0.717) is 30.4 Å². The average Bonchev–Trinajstić information content (AvgIpc) is 2.61. The molecule has 28 heavy (non-hydrogen) atoms. The summed E-state index contributed by atoms with van der Waals surface area (Å²) < 4.78 is 5.74. The Bertz CT molecular complexity index is 739. The first-order valence-electron chi connectivity index (χ1n) is 8.98. The SMILES string of the molecule is Cc1ccc(OCc2cccc(C(=O)NC(C)(CN)CC(C)C)c2)cn1.Cl.Cl. The zero-order valence-electron chi connectivity index (χ0n) is 16.9. The molecule has 1 unspecified atom stereocenters. The summed E-state index contributed by atoms with van der Waals surface area (Å²) in [7, 11) is 0. The molecule has 0 bridgehead atoms. The normalized spacial score (nSPS) is 12.4. The molecular weight excluding hydrogens is 397 g/mol. The monoisotopic (exact) mass is 427 g/mol. The first kappa shape index (κ1) is 26.2. The van der Waals surface area contributed by atoms with E-state index in [0.717, 1.165) is 17.7 Å². The molecule has 1 amide bonds. The summed E-state index contributed by atoms with van der Waals surface area (Å²) in [6, 6.07) is 11.2. The standard InChI is InChI=1S/C21H29N3O2.2ClH/c1-15(2)11-21(4,14-22)24-20(25)18-7-5-6-17(10-18)13-26-19-9-8-16(3)23-12-19;;/h5-10,12,15H,11,13-14,22H2,1-4H3,(H,24,25);2*1H. The predicted octanol–water partition coefficient (Wildman–Crippen LogP) is 4.31. The number of nitrogens with two attached hydrogens (primary N) is 1. The van der Waals surface area contributed by atoms with Crippen molar-refractivity contribution in [3.8, 4) is 5.75 Å². The molecule has 1 aromatic heterocycles. The van der Waals surface area contributed by atoms with Gasteiger partial charge in [0.2, 0.25) is 0 Å². The van der Waals surface area contributed by atoms with Gasteiger partial charge in [-0.2, -0.15) is 0 Å². The van der Waals surface area contributed by atoms with Gasteiger partial charge in [0, 0.05) is 23.3 Å². The minimum absolute atomic E-state index is 0. The quantitative estimate of drug-likeness (QED) is 0.657. The lowest BCUT2D eigenvalue weighted by Gasteiger charge is -2.31. The maximum Gasteiger partial charge on any atom is 0.251 e. The molecule has 0 saturated carbocycles. The van der Waals surface area contributed by atoms with Crippen LogP contribution in [0.3, 0.4) is 0 Å². The van der Waals surface area contributed by atoms with Gasteiger partial charge in [-0.3, -0.25) is 9.78 Å². The van der Waals surface area contributed by atoms with Crippen molar-refractivity contribution in [1.82, 2.24) is 10.3 Å². The Kier molecular flexibility index (Phi) is 11.1. The fourth-order valence-electron chi connectivity index (χ4n) is 2.94. The van der Waals surface area contributed by atoms with Crippen LogP contribution in [0.25, 0.3) is 0 Å². The van der Waals surface area contributed by atoms with Crippen LogP contribution in [-0.4, -0.2) is 23.0 Å². The van der Waals surface area contributed by atoms with Gasteiger partial charge in [-0.05, 0) is 56.0 Å². The van der Waals surface area contributed by atoms with Crippen LogP contribution in [0.2, 0.25) is 0 Å². The first-order valence-corrected chi connectivity index (χ1v) is 8.98. The molecule has 0 fully saturated rings. The van der Waals surface area contributed by atoms with Gasteiger partial charge in [-0.1, -0.05) is 26.0 Å². The molecular formula is C21H31Cl2N3O2. The number of hydrogen-bond acceptors (Lipinski definition) is 4. The van der Waals surface area contributed by atoms with Crippen LogP contribution in [-0.2, 0) is 6.61 Å². The highest BCUT2D eigenvalue weighted by Crippen LogP contribution is 2.17. The molecule has 3 N–H and O–H groups in total. The third-order valence-electron chi connectivity index (χ3n) is 4.20. The van der Waals surface area contributed by atoms with Crippen LogP contribution in [0.1, 0.15) is 48.8 Å². The number of ether oxygens (including phenoxy) is 1. The highest BCUT2D eigenvalue weighted by Gasteiger charge is 2.26. The van der Waals surface area contributed by atoms with Gasteiger partial charge in [0.25, 0.3) is 5.91 Å². The van der Waals surface area contributed by atoms with Gasteiger partial charge in [0.15, 0.2) is 0 Å². The predicted molar refractivity (Wildman–Crippen MR) is 119 cm³/mol. The van der Waals surface area contributed by atoms with E-state index in [1.165, 1.54) is 0 Å². The molecule has 2 rings (SSSR count). The Morgan fingerprint density at radius 3 is 2.54 bits per heavy atom. The van der Waals surface area contributed by atoms with Crippen LogP contribution >= 0.6 is 24.8 Å². The summed E-state index contributed by atoms with van der Waals surface area (Å²) in [6.45, 7) is 8.95. The number of nitrogens with zero attached hydrogens (tertiary/aromatic N) is 1. The number of benzene rings is 1. The van der Waals surface area contributed by atoms with E-state index in [-0.39, 0.29) is 30.7 Å². The van der Waals surface area contributed by atoms with Gasteiger partial charge in [0.1, 0.15) is 12.4 Å². The van der Waals surface area contributed by atoms with E-state index in [1.807, 2.05) is 44.2 Å². The van der Waals surface area contributed by atoms with Crippen LogP contribution in [0.5, 0.6) is 5.75 Å². The van der Waals surface area contributed by atoms with Gasteiger partial charge in [0.05, 0.1) is 6.20 Å². The molecule has 0 aliphatic carbocycles. The lowest BCUT2D eigenvalue weighted by Crippen LogP contribution is -2.52. The highest BCUT2D eigenvalue weighted by molar-refractivity contribution is 5.94. The number of amides is 1. The van der Waals surface area contributed by atoms with Gasteiger partial charge < -0.3 is 15.8 Å². The van der Waals surface area contributed by atoms with E-state index in [9.17, 15) is 4.79 Å². The number of carbonyl (C=O) groups is 1. The fourth-order valence-corrected chi connectivity index (χ4v) is 2.94. The van der Waals surface area contributed by atoms with Crippen LogP contribution in [0.15, 0.2) is 42.6 Å². The van der Waals surface area contributed by atoms with E-state index < -0.39 is 5.54 Å².